The molecule has 0 heterocycles. The van der Waals surface area contributed by atoms with Crippen molar-refractivity contribution >= 4 is 27.3 Å². The monoisotopic (exact) mass is 451 g/mol. The number of rotatable bonds is 10. The van der Waals surface area contributed by atoms with Gasteiger partial charge < -0.3 is 5.32 Å². The molecule has 0 aliphatic carbocycles. The van der Waals surface area contributed by atoms with Gasteiger partial charge in [-0.15, -0.1) is 0 Å². The fourth-order valence-corrected chi connectivity index (χ4v) is 4.63. The van der Waals surface area contributed by atoms with Crippen LogP contribution in [-0.4, -0.2) is 46.4 Å². The minimum atomic E-state index is -3.74. The van der Waals surface area contributed by atoms with Gasteiger partial charge in [-0.1, -0.05) is 54.6 Å². The molecular weight excluding hydrogens is 422 g/mol. The van der Waals surface area contributed by atoms with Crippen LogP contribution < -0.4 is 9.62 Å². The molecule has 0 fully saturated rings. The van der Waals surface area contributed by atoms with Crippen LogP contribution in [0, 0.1) is 0 Å². The molecule has 0 radical (unpaired) electrons. The molecule has 0 unspecified atom stereocenters. The molecule has 0 aromatic heterocycles. The highest BCUT2D eigenvalue weighted by Crippen LogP contribution is 2.23. The summed E-state index contributed by atoms with van der Waals surface area (Å²) in [7, 11) is -0.323. The Hall–Kier alpha value is -3.16. The van der Waals surface area contributed by atoms with Crippen LogP contribution in [-0.2, 0) is 21.2 Å². The van der Waals surface area contributed by atoms with E-state index in [0.29, 0.717) is 11.4 Å². The average Bonchev–Trinajstić information content (AvgIpc) is 2.80. The fraction of sp³-hybridized carbons (Fsp3) is 0.240. The molecule has 0 aliphatic rings. The first-order valence-electron chi connectivity index (χ1n) is 10.5. The number of nitrogens with zero attached hydrogens (tertiary/aromatic N) is 2. The molecule has 3 aromatic carbocycles. The Morgan fingerprint density at radius 1 is 0.875 bits per heavy atom. The third kappa shape index (κ3) is 6.42. The maximum absolute atomic E-state index is 13.0. The number of amides is 1. The van der Waals surface area contributed by atoms with Crippen LogP contribution in [0.5, 0.6) is 0 Å². The first-order valence-corrected chi connectivity index (χ1v) is 12.0. The highest BCUT2D eigenvalue weighted by Gasteiger charge is 2.21. The summed E-state index contributed by atoms with van der Waals surface area (Å²) in [5, 5.41) is 2.81. The van der Waals surface area contributed by atoms with Crippen molar-refractivity contribution < 1.29 is 13.2 Å². The number of para-hydroxylation sites is 1. The summed E-state index contributed by atoms with van der Waals surface area (Å²) in [5.41, 5.74) is 2.30. The number of hydrogen-bond acceptors (Lipinski definition) is 4. The predicted molar refractivity (Wildman–Crippen MR) is 129 cm³/mol. The maximum Gasteiger partial charge on any atom is 0.264 e. The van der Waals surface area contributed by atoms with Crippen molar-refractivity contribution in [3.05, 3.63) is 90.5 Å². The van der Waals surface area contributed by atoms with Gasteiger partial charge in [0.1, 0.15) is 0 Å². The van der Waals surface area contributed by atoms with E-state index in [-0.39, 0.29) is 17.3 Å². The lowest BCUT2D eigenvalue weighted by molar-refractivity contribution is -0.117. The largest absolute Gasteiger partial charge is 0.325 e. The number of benzene rings is 3. The maximum atomic E-state index is 13.0. The van der Waals surface area contributed by atoms with E-state index in [1.165, 1.54) is 29.0 Å². The Labute approximate surface area is 190 Å². The topological polar surface area (TPSA) is 69.7 Å². The summed E-state index contributed by atoms with van der Waals surface area (Å²) in [4.78, 5) is 14.5. The Bertz CT molecular complexity index is 1120. The van der Waals surface area contributed by atoms with E-state index in [2.05, 4.69) is 17.4 Å². The average molecular weight is 452 g/mol. The predicted octanol–water partition coefficient (Wildman–Crippen LogP) is 4.01. The molecule has 7 heteroatoms. The molecule has 3 aromatic rings. The lowest BCUT2D eigenvalue weighted by Gasteiger charge is -2.20. The van der Waals surface area contributed by atoms with Crippen LogP contribution in [0.15, 0.2) is 89.8 Å². The quantitative estimate of drug-likeness (QED) is 0.506. The summed E-state index contributed by atoms with van der Waals surface area (Å²) < 4.78 is 27.2. The SMILES string of the molecule is CN(CCCc1ccccc1)CC(=O)Nc1cccc(S(=O)(=O)N(C)c2ccccc2)c1. The Morgan fingerprint density at radius 2 is 1.53 bits per heavy atom. The number of sulfonamides is 1. The van der Waals surface area contributed by atoms with Gasteiger partial charge in [-0.3, -0.25) is 14.0 Å². The van der Waals surface area contributed by atoms with Crippen molar-refractivity contribution in [1.29, 1.82) is 0 Å². The minimum absolute atomic E-state index is 0.123. The Kier molecular flexibility index (Phi) is 8.03. The summed E-state index contributed by atoms with van der Waals surface area (Å²) in [6.45, 7) is 1.02. The Morgan fingerprint density at radius 3 is 2.22 bits per heavy atom. The normalized spacial score (nSPS) is 11.3. The lowest BCUT2D eigenvalue weighted by atomic mass is 10.1. The molecule has 0 spiro atoms. The van der Waals surface area contributed by atoms with E-state index >= 15 is 0 Å². The van der Waals surface area contributed by atoms with Gasteiger partial charge in [0, 0.05) is 12.7 Å². The molecule has 0 bridgehead atoms. The molecule has 3 rings (SSSR count). The first kappa shape index (κ1) is 23.5. The van der Waals surface area contributed by atoms with Crippen molar-refractivity contribution in [3.63, 3.8) is 0 Å². The van der Waals surface area contributed by atoms with E-state index in [1.807, 2.05) is 36.2 Å². The third-order valence-electron chi connectivity index (χ3n) is 5.16. The number of aryl methyl sites for hydroxylation is 1. The van der Waals surface area contributed by atoms with Crippen LogP contribution in [0.2, 0.25) is 0 Å². The second-order valence-corrected chi connectivity index (χ2v) is 9.68. The number of carbonyl (C=O) groups is 1. The fourth-order valence-electron chi connectivity index (χ4n) is 3.39. The van der Waals surface area contributed by atoms with E-state index < -0.39 is 10.0 Å². The molecule has 0 aliphatic heterocycles. The highest BCUT2D eigenvalue weighted by molar-refractivity contribution is 7.92. The van der Waals surface area contributed by atoms with Gasteiger partial charge >= 0.3 is 0 Å². The lowest BCUT2D eigenvalue weighted by Crippen LogP contribution is -2.31. The minimum Gasteiger partial charge on any atom is -0.325 e. The molecule has 168 valence electrons. The third-order valence-corrected chi connectivity index (χ3v) is 6.94. The number of likely N-dealkylation sites (N-methyl/N-ethyl adjacent to an activating group) is 1. The van der Waals surface area contributed by atoms with E-state index in [1.54, 1.807) is 36.4 Å². The zero-order valence-electron chi connectivity index (χ0n) is 18.4. The van der Waals surface area contributed by atoms with E-state index in [9.17, 15) is 13.2 Å². The van der Waals surface area contributed by atoms with Crippen LogP contribution >= 0.6 is 0 Å². The van der Waals surface area contributed by atoms with Crippen molar-refractivity contribution in [2.24, 2.45) is 0 Å². The molecule has 6 nitrogen and oxygen atoms in total. The molecule has 0 saturated heterocycles. The first-order chi connectivity index (χ1) is 15.4. The van der Waals surface area contributed by atoms with Gasteiger partial charge in [0.25, 0.3) is 10.0 Å². The van der Waals surface area contributed by atoms with Crippen LogP contribution in [0.3, 0.4) is 0 Å². The van der Waals surface area contributed by atoms with Gasteiger partial charge in [-0.05, 0) is 62.3 Å². The second-order valence-electron chi connectivity index (χ2n) is 7.71. The molecule has 1 N–H and O–H groups in total. The van der Waals surface area contributed by atoms with Gasteiger partial charge in [0.2, 0.25) is 5.91 Å². The number of anilines is 2. The second kappa shape index (κ2) is 10.9. The van der Waals surface area contributed by atoms with Gasteiger partial charge in [0.15, 0.2) is 0 Å². The van der Waals surface area contributed by atoms with Crippen LogP contribution in [0.25, 0.3) is 0 Å². The van der Waals surface area contributed by atoms with Crippen LogP contribution in [0.1, 0.15) is 12.0 Å². The molecule has 0 atom stereocenters. The zero-order valence-corrected chi connectivity index (χ0v) is 19.3. The highest BCUT2D eigenvalue weighted by atomic mass is 32.2. The van der Waals surface area contributed by atoms with Crippen molar-refractivity contribution in [2.75, 3.05) is 36.8 Å². The van der Waals surface area contributed by atoms with Crippen molar-refractivity contribution in [2.45, 2.75) is 17.7 Å². The molecule has 32 heavy (non-hydrogen) atoms. The summed E-state index contributed by atoms with van der Waals surface area (Å²) in [6.07, 6.45) is 1.91. The Balaban J connectivity index is 1.56. The molecule has 0 saturated carbocycles. The summed E-state index contributed by atoms with van der Waals surface area (Å²) in [5.74, 6) is -0.182. The van der Waals surface area contributed by atoms with Crippen molar-refractivity contribution in [1.82, 2.24) is 4.90 Å². The van der Waals surface area contributed by atoms with Crippen LogP contribution in [0.4, 0.5) is 11.4 Å². The smallest absolute Gasteiger partial charge is 0.264 e. The van der Waals surface area contributed by atoms with E-state index in [4.69, 9.17) is 0 Å². The van der Waals surface area contributed by atoms with Gasteiger partial charge in [0.05, 0.1) is 17.1 Å². The standard InChI is InChI=1S/C25H29N3O3S/c1-27(18-10-13-21-11-5-3-6-12-21)20-25(29)26-22-14-9-17-24(19-22)32(30,31)28(2)23-15-7-4-8-16-23/h3-9,11-12,14-17,19H,10,13,18,20H2,1-2H3,(H,26,29). The van der Waals surface area contributed by atoms with Gasteiger partial charge in [-0.25, -0.2) is 8.42 Å². The van der Waals surface area contributed by atoms with Crippen molar-refractivity contribution in [3.8, 4) is 0 Å². The summed E-state index contributed by atoms with van der Waals surface area (Å²) in [6, 6.07) is 25.5. The zero-order chi connectivity index (χ0) is 23.0. The van der Waals surface area contributed by atoms with E-state index in [0.717, 1.165) is 19.4 Å². The summed E-state index contributed by atoms with van der Waals surface area (Å²) >= 11 is 0. The number of hydrogen-bond donors (Lipinski definition) is 1. The molecule has 1 amide bonds. The number of nitrogens with one attached hydrogen (secondary N) is 1. The number of carbonyl (C=O) groups excluding carboxylic acids is 1. The molecular formula is C25H29N3O3S. The van der Waals surface area contributed by atoms with Gasteiger partial charge in [-0.2, -0.15) is 0 Å².